The summed E-state index contributed by atoms with van der Waals surface area (Å²) >= 11 is 3.12. The molecule has 0 saturated carbocycles. The smallest absolute Gasteiger partial charge is 0.254 e. The molecule has 0 aliphatic heterocycles. The number of amides is 1. The summed E-state index contributed by atoms with van der Waals surface area (Å²) in [6.07, 6.45) is 0. The molecule has 1 amide bonds. The average Bonchev–Trinajstić information content (AvgIpc) is 2.17. The minimum absolute atomic E-state index is 0.0264. The summed E-state index contributed by atoms with van der Waals surface area (Å²) in [5.41, 5.74) is 5.37. The molecule has 0 aliphatic carbocycles. The maximum atomic E-state index is 13.3. The van der Waals surface area contributed by atoms with Crippen molar-refractivity contribution in [2.45, 2.75) is 13.0 Å². The average molecular weight is 275 g/mol. The predicted molar refractivity (Wildman–Crippen MR) is 60.1 cm³/mol. The Morgan fingerprint density at radius 3 is 2.87 bits per heavy atom. The minimum Gasteiger partial charge on any atom is -0.348 e. The maximum absolute atomic E-state index is 13.3. The standard InChI is InChI=1S/C10H12BrFN2O/c1-6(5-13)14-10(15)8-3-2-7(11)4-9(8)12/h2-4,6H,5,13H2,1H3,(H,14,15)/t6-/m1/s1. The highest BCUT2D eigenvalue weighted by Gasteiger charge is 2.13. The quantitative estimate of drug-likeness (QED) is 0.881. The second-order valence-electron chi connectivity index (χ2n) is 3.23. The Balaban J connectivity index is 2.82. The second kappa shape index (κ2) is 5.23. The van der Waals surface area contributed by atoms with Gasteiger partial charge in [-0.15, -0.1) is 0 Å². The molecule has 5 heteroatoms. The van der Waals surface area contributed by atoms with E-state index >= 15 is 0 Å². The highest BCUT2D eigenvalue weighted by atomic mass is 79.9. The predicted octanol–water partition coefficient (Wildman–Crippen LogP) is 1.67. The van der Waals surface area contributed by atoms with Crippen LogP contribution in [0.2, 0.25) is 0 Å². The summed E-state index contributed by atoms with van der Waals surface area (Å²) in [4.78, 5) is 11.5. The summed E-state index contributed by atoms with van der Waals surface area (Å²) < 4.78 is 13.9. The molecule has 0 radical (unpaired) electrons. The third-order valence-corrected chi connectivity index (χ3v) is 2.40. The summed E-state index contributed by atoms with van der Waals surface area (Å²) in [5, 5.41) is 2.59. The highest BCUT2D eigenvalue weighted by molar-refractivity contribution is 9.10. The van der Waals surface area contributed by atoms with Gasteiger partial charge in [0.1, 0.15) is 5.82 Å². The molecular formula is C10H12BrFN2O. The third kappa shape index (κ3) is 3.28. The fourth-order valence-electron chi connectivity index (χ4n) is 1.03. The van der Waals surface area contributed by atoms with Gasteiger partial charge < -0.3 is 11.1 Å². The van der Waals surface area contributed by atoms with E-state index in [1.54, 1.807) is 13.0 Å². The lowest BCUT2D eigenvalue weighted by molar-refractivity contribution is 0.0937. The van der Waals surface area contributed by atoms with Crippen LogP contribution in [0.3, 0.4) is 0 Å². The summed E-state index contributed by atoms with van der Waals surface area (Å²) in [6.45, 7) is 2.08. The van der Waals surface area contributed by atoms with E-state index in [1.807, 2.05) is 0 Å². The maximum Gasteiger partial charge on any atom is 0.254 e. The van der Waals surface area contributed by atoms with Crippen molar-refractivity contribution >= 4 is 21.8 Å². The monoisotopic (exact) mass is 274 g/mol. The highest BCUT2D eigenvalue weighted by Crippen LogP contribution is 2.15. The molecule has 0 unspecified atom stereocenters. The van der Waals surface area contributed by atoms with Gasteiger partial charge >= 0.3 is 0 Å². The molecule has 0 fully saturated rings. The van der Waals surface area contributed by atoms with E-state index in [0.717, 1.165) is 0 Å². The summed E-state index contributed by atoms with van der Waals surface area (Å²) in [6, 6.07) is 4.13. The van der Waals surface area contributed by atoms with Crippen molar-refractivity contribution in [1.29, 1.82) is 0 Å². The van der Waals surface area contributed by atoms with Gasteiger partial charge in [-0.25, -0.2) is 4.39 Å². The lowest BCUT2D eigenvalue weighted by Crippen LogP contribution is -2.38. The fraction of sp³-hybridized carbons (Fsp3) is 0.300. The number of carbonyl (C=O) groups is 1. The Hall–Kier alpha value is -0.940. The van der Waals surface area contributed by atoms with Gasteiger partial charge in [-0.05, 0) is 25.1 Å². The van der Waals surface area contributed by atoms with Crippen LogP contribution >= 0.6 is 15.9 Å². The van der Waals surface area contributed by atoms with Gasteiger partial charge in [0.2, 0.25) is 0 Å². The van der Waals surface area contributed by atoms with Gasteiger partial charge in [-0.1, -0.05) is 15.9 Å². The molecule has 82 valence electrons. The van der Waals surface area contributed by atoms with Crippen LogP contribution in [-0.4, -0.2) is 18.5 Å². The van der Waals surface area contributed by atoms with Crippen LogP contribution in [0.25, 0.3) is 0 Å². The molecule has 0 aromatic heterocycles. The first-order chi connectivity index (χ1) is 7.04. The zero-order chi connectivity index (χ0) is 11.4. The first kappa shape index (κ1) is 12.1. The summed E-state index contributed by atoms with van der Waals surface area (Å²) in [5.74, 6) is -0.996. The number of halogens is 2. The molecule has 3 N–H and O–H groups in total. The Morgan fingerprint density at radius 1 is 1.67 bits per heavy atom. The molecule has 1 aromatic carbocycles. The van der Waals surface area contributed by atoms with Gasteiger partial charge in [0.05, 0.1) is 5.56 Å². The third-order valence-electron chi connectivity index (χ3n) is 1.91. The SMILES string of the molecule is C[C@H](CN)NC(=O)c1ccc(Br)cc1F. The number of nitrogens with two attached hydrogens (primary N) is 1. The van der Waals surface area contributed by atoms with E-state index in [-0.39, 0.29) is 11.6 Å². The number of benzene rings is 1. The Kier molecular flexibility index (Phi) is 4.23. The molecule has 1 rings (SSSR count). The molecule has 15 heavy (non-hydrogen) atoms. The first-order valence-electron chi connectivity index (χ1n) is 4.50. The van der Waals surface area contributed by atoms with Crippen LogP contribution in [0.5, 0.6) is 0 Å². The second-order valence-corrected chi connectivity index (χ2v) is 4.15. The van der Waals surface area contributed by atoms with Crippen molar-refractivity contribution in [3.8, 4) is 0 Å². The van der Waals surface area contributed by atoms with Gasteiger partial charge in [0.15, 0.2) is 0 Å². The number of nitrogens with one attached hydrogen (secondary N) is 1. The van der Waals surface area contributed by atoms with E-state index in [1.165, 1.54) is 12.1 Å². The van der Waals surface area contributed by atoms with Crippen molar-refractivity contribution in [1.82, 2.24) is 5.32 Å². The van der Waals surface area contributed by atoms with E-state index in [2.05, 4.69) is 21.2 Å². The Labute approximate surface area is 96.0 Å². The topological polar surface area (TPSA) is 55.1 Å². The lowest BCUT2D eigenvalue weighted by Gasteiger charge is -2.11. The Morgan fingerprint density at radius 2 is 2.33 bits per heavy atom. The van der Waals surface area contributed by atoms with E-state index in [4.69, 9.17) is 5.73 Å². The number of carbonyl (C=O) groups excluding carboxylic acids is 1. The minimum atomic E-state index is -0.550. The number of hydrogen-bond donors (Lipinski definition) is 2. The molecule has 0 spiro atoms. The molecular weight excluding hydrogens is 263 g/mol. The molecule has 1 atom stereocenters. The summed E-state index contributed by atoms with van der Waals surface area (Å²) in [7, 11) is 0. The number of hydrogen-bond acceptors (Lipinski definition) is 2. The first-order valence-corrected chi connectivity index (χ1v) is 5.30. The van der Waals surface area contributed by atoms with Crippen molar-refractivity contribution in [2.75, 3.05) is 6.54 Å². The number of rotatable bonds is 3. The largest absolute Gasteiger partial charge is 0.348 e. The van der Waals surface area contributed by atoms with Crippen molar-refractivity contribution in [3.05, 3.63) is 34.1 Å². The van der Waals surface area contributed by atoms with Crippen LogP contribution in [0.1, 0.15) is 17.3 Å². The normalized spacial score (nSPS) is 12.3. The van der Waals surface area contributed by atoms with Gasteiger partial charge in [0, 0.05) is 17.1 Å². The van der Waals surface area contributed by atoms with Crippen LogP contribution < -0.4 is 11.1 Å². The zero-order valence-electron chi connectivity index (χ0n) is 8.26. The van der Waals surface area contributed by atoms with Gasteiger partial charge in [0.25, 0.3) is 5.91 Å². The van der Waals surface area contributed by atoms with Crippen LogP contribution in [0.4, 0.5) is 4.39 Å². The van der Waals surface area contributed by atoms with Crippen molar-refractivity contribution in [2.24, 2.45) is 5.73 Å². The zero-order valence-corrected chi connectivity index (χ0v) is 9.84. The van der Waals surface area contributed by atoms with Crippen molar-refractivity contribution in [3.63, 3.8) is 0 Å². The van der Waals surface area contributed by atoms with E-state index in [0.29, 0.717) is 11.0 Å². The van der Waals surface area contributed by atoms with Crippen molar-refractivity contribution < 1.29 is 9.18 Å². The Bertz CT molecular complexity index is 370. The molecule has 0 aliphatic rings. The van der Waals surface area contributed by atoms with Crippen LogP contribution in [-0.2, 0) is 0 Å². The molecule has 0 bridgehead atoms. The molecule has 1 aromatic rings. The van der Waals surface area contributed by atoms with E-state index < -0.39 is 11.7 Å². The van der Waals surface area contributed by atoms with Crippen LogP contribution in [0.15, 0.2) is 22.7 Å². The molecule has 0 heterocycles. The molecule has 0 saturated heterocycles. The van der Waals surface area contributed by atoms with Crippen LogP contribution in [0, 0.1) is 5.82 Å². The van der Waals surface area contributed by atoms with E-state index in [9.17, 15) is 9.18 Å². The lowest BCUT2D eigenvalue weighted by atomic mass is 10.2. The van der Waals surface area contributed by atoms with Gasteiger partial charge in [-0.3, -0.25) is 4.79 Å². The van der Waals surface area contributed by atoms with Gasteiger partial charge in [-0.2, -0.15) is 0 Å². The fourth-order valence-corrected chi connectivity index (χ4v) is 1.37. The molecule has 3 nitrogen and oxygen atoms in total.